The van der Waals surface area contributed by atoms with Gasteiger partial charge in [0.05, 0.1) is 10.0 Å². The van der Waals surface area contributed by atoms with Gasteiger partial charge in [-0.2, -0.15) is 0 Å². The van der Waals surface area contributed by atoms with Crippen LogP contribution in [0, 0.1) is 0 Å². The molecule has 0 amide bonds. The lowest BCUT2D eigenvalue weighted by Crippen LogP contribution is -2.28. The second-order valence-corrected chi connectivity index (χ2v) is 3.94. The topological polar surface area (TPSA) is 38.0 Å². The molecule has 1 unspecified atom stereocenters. The Hall–Kier alpha value is -0.280. The summed E-state index contributed by atoms with van der Waals surface area (Å²) >= 11 is 12.0. The lowest BCUT2D eigenvalue weighted by Gasteiger charge is -2.17. The van der Waals surface area contributed by atoms with Crippen molar-refractivity contribution in [3.63, 3.8) is 0 Å². The van der Waals surface area contributed by atoms with Gasteiger partial charge in [-0.1, -0.05) is 48.7 Å². The number of hydrazine groups is 1. The minimum Gasteiger partial charge on any atom is -0.271 e. The van der Waals surface area contributed by atoms with Crippen molar-refractivity contribution >= 4 is 23.2 Å². The molecular weight excluding hydrogens is 219 g/mol. The fraction of sp³-hybridized carbons (Fsp3) is 0.400. The van der Waals surface area contributed by atoms with E-state index in [0.717, 1.165) is 18.4 Å². The minimum atomic E-state index is 0.0752. The molecular formula is C10H14Cl2N2. The number of hydrogen-bond acceptors (Lipinski definition) is 2. The summed E-state index contributed by atoms with van der Waals surface area (Å²) in [4.78, 5) is 0. The molecule has 0 aliphatic heterocycles. The first-order chi connectivity index (χ1) is 6.70. The van der Waals surface area contributed by atoms with Gasteiger partial charge < -0.3 is 0 Å². The van der Waals surface area contributed by atoms with Gasteiger partial charge in [0.15, 0.2) is 0 Å². The van der Waals surface area contributed by atoms with E-state index >= 15 is 0 Å². The predicted molar refractivity (Wildman–Crippen MR) is 61.4 cm³/mol. The van der Waals surface area contributed by atoms with Crippen molar-refractivity contribution in [2.24, 2.45) is 5.84 Å². The van der Waals surface area contributed by atoms with Crippen LogP contribution in [0.1, 0.15) is 31.4 Å². The van der Waals surface area contributed by atoms with E-state index in [1.807, 2.05) is 12.1 Å². The second kappa shape index (κ2) is 5.56. The van der Waals surface area contributed by atoms with Crippen molar-refractivity contribution in [1.29, 1.82) is 0 Å². The van der Waals surface area contributed by atoms with Gasteiger partial charge in [0.1, 0.15) is 0 Å². The lowest BCUT2D eigenvalue weighted by atomic mass is 10.0. The quantitative estimate of drug-likeness (QED) is 0.618. The molecule has 14 heavy (non-hydrogen) atoms. The SMILES string of the molecule is CCCC(NN)c1cccc(Cl)c1Cl. The fourth-order valence-electron chi connectivity index (χ4n) is 1.41. The van der Waals surface area contributed by atoms with E-state index in [-0.39, 0.29) is 6.04 Å². The smallest absolute Gasteiger partial charge is 0.0640 e. The Labute approximate surface area is 94.4 Å². The van der Waals surface area contributed by atoms with E-state index in [4.69, 9.17) is 29.0 Å². The summed E-state index contributed by atoms with van der Waals surface area (Å²) < 4.78 is 0. The molecule has 1 rings (SSSR count). The van der Waals surface area contributed by atoms with E-state index < -0.39 is 0 Å². The van der Waals surface area contributed by atoms with Crippen molar-refractivity contribution in [1.82, 2.24) is 5.43 Å². The summed E-state index contributed by atoms with van der Waals surface area (Å²) in [6.45, 7) is 2.10. The van der Waals surface area contributed by atoms with E-state index in [0.29, 0.717) is 10.0 Å². The van der Waals surface area contributed by atoms with Crippen LogP contribution in [-0.4, -0.2) is 0 Å². The molecule has 0 saturated heterocycles. The van der Waals surface area contributed by atoms with Gasteiger partial charge in [0, 0.05) is 6.04 Å². The molecule has 0 spiro atoms. The number of nitrogens with two attached hydrogens (primary N) is 1. The van der Waals surface area contributed by atoms with Crippen LogP contribution < -0.4 is 11.3 Å². The Morgan fingerprint density at radius 3 is 2.71 bits per heavy atom. The number of benzene rings is 1. The largest absolute Gasteiger partial charge is 0.271 e. The molecule has 2 nitrogen and oxygen atoms in total. The summed E-state index contributed by atoms with van der Waals surface area (Å²) in [6, 6.07) is 5.66. The molecule has 0 bridgehead atoms. The summed E-state index contributed by atoms with van der Waals surface area (Å²) in [5.74, 6) is 5.46. The van der Waals surface area contributed by atoms with Gasteiger partial charge in [0.2, 0.25) is 0 Å². The van der Waals surface area contributed by atoms with Gasteiger partial charge in [0.25, 0.3) is 0 Å². The van der Waals surface area contributed by atoms with Gasteiger partial charge in [-0.05, 0) is 18.1 Å². The molecule has 0 aliphatic rings. The maximum absolute atomic E-state index is 6.07. The van der Waals surface area contributed by atoms with Crippen LogP contribution in [0.5, 0.6) is 0 Å². The molecule has 0 saturated carbocycles. The Morgan fingerprint density at radius 1 is 1.43 bits per heavy atom. The minimum absolute atomic E-state index is 0.0752. The highest BCUT2D eigenvalue weighted by molar-refractivity contribution is 6.42. The van der Waals surface area contributed by atoms with Crippen LogP contribution in [0.2, 0.25) is 10.0 Å². The highest BCUT2D eigenvalue weighted by Crippen LogP contribution is 2.31. The maximum Gasteiger partial charge on any atom is 0.0640 e. The molecule has 0 radical (unpaired) electrons. The Bertz CT molecular complexity index is 302. The summed E-state index contributed by atoms with van der Waals surface area (Å²) in [7, 11) is 0. The maximum atomic E-state index is 6.07. The zero-order valence-corrected chi connectivity index (χ0v) is 9.57. The zero-order chi connectivity index (χ0) is 10.6. The van der Waals surface area contributed by atoms with Gasteiger partial charge in [-0.25, -0.2) is 0 Å². The molecule has 78 valence electrons. The van der Waals surface area contributed by atoms with Crippen LogP contribution in [0.3, 0.4) is 0 Å². The highest BCUT2D eigenvalue weighted by Gasteiger charge is 2.13. The molecule has 0 aliphatic carbocycles. The number of hydrogen-bond donors (Lipinski definition) is 2. The molecule has 1 atom stereocenters. The molecule has 3 N–H and O–H groups in total. The van der Waals surface area contributed by atoms with Crippen molar-refractivity contribution in [3.05, 3.63) is 33.8 Å². The highest BCUT2D eigenvalue weighted by atomic mass is 35.5. The van der Waals surface area contributed by atoms with Crippen molar-refractivity contribution in [3.8, 4) is 0 Å². The first kappa shape index (κ1) is 11.8. The first-order valence-corrected chi connectivity index (χ1v) is 5.36. The number of nitrogens with one attached hydrogen (secondary N) is 1. The third-order valence-corrected chi connectivity index (χ3v) is 2.97. The lowest BCUT2D eigenvalue weighted by molar-refractivity contribution is 0.510. The standard InChI is InChI=1S/C10H14Cl2N2/c1-2-4-9(14-13)7-5-3-6-8(11)10(7)12/h3,5-6,9,14H,2,4,13H2,1H3. The summed E-state index contributed by atoms with van der Waals surface area (Å²) in [6.07, 6.45) is 1.98. The normalized spacial score (nSPS) is 12.9. The van der Waals surface area contributed by atoms with Gasteiger partial charge in [-0.3, -0.25) is 11.3 Å². The van der Waals surface area contributed by atoms with Crippen molar-refractivity contribution in [2.45, 2.75) is 25.8 Å². The molecule has 1 aromatic carbocycles. The third-order valence-electron chi connectivity index (χ3n) is 2.14. The molecule has 1 aromatic rings. The monoisotopic (exact) mass is 232 g/mol. The van der Waals surface area contributed by atoms with E-state index in [2.05, 4.69) is 12.3 Å². The molecule has 0 fully saturated rings. The van der Waals surface area contributed by atoms with Crippen LogP contribution in [-0.2, 0) is 0 Å². The van der Waals surface area contributed by atoms with Crippen molar-refractivity contribution in [2.75, 3.05) is 0 Å². The van der Waals surface area contributed by atoms with Crippen LogP contribution in [0.25, 0.3) is 0 Å². The Balaban J connectivity index is 2.97. The van der Waals surface area contributed by atoms with Gasteiger partial charge >= 0.3 is 0 Å². The van der Waals surface area contributed by atoms with Gasteiger partial charge in [-0.15, -0.1) is 0 Å². The Kier molecular flexibility index (Phi) is 4.69. The zero-order valence-electron chi connectivity index (χ0n) is 8.06. The molecule has 0 aromatic heterocycles. The van der Waals surface area contributed by atoms with E-state index in [1.54, 1.807) is 6.07 Å². The third kappa shape index (κ3) is 2.61. The average molecular weight is 233 g/mol. The number of rotatable bonds is 4. The summed E-state index contributed by atoms with van der Waals surface area (Å²) in [5, 5.41) is 1.16. The van der Waals surface area contributed by atoms with E-state index in [1.165, 1.54) is 0 Å². The van der Waals surface area contributed by atoms with Crippen LogP contribution in [0.15, 0.2) is 18.2 Å². The average Bonchev–Trinajstić information content (AvgIpc) is 2.19. The Morgan fingerprint density at radius 2 is 2.14 bits per heavy atom. The van der Waals surface area contributed by atoms with Crippen LogP contribution >= 0.6 is 23.2 Å². The van der Waals surface area contributed by atoms with Crippen LogP contribution in [0.4, 0.5) is 0 Å². The predicted octanol–water partition coefficient (Wildman–Crippen LogP) is 3.30. The summed E-state index contributed by atoms with van der Waals surface area (Å²) in [5.41, 5.74) is 3.71. The molecule has 0 heterocycles. The molecule has 4 heteroatoms. The second-order valence-electron chi connectivity index (χ2n) is 3.15. The fourth-order valence-corrected chi connectivity index (χ4v) is 1.85. The van der Waals surface area contributed by atoms with Crippen molar-refractivity contribution < 1.29 is 0 Å². The van der Waals surface area contributed by atoms with E-state index in [9.17, 15) is 0 Å². The number of halogens is 2. The first-order valence-electron chi connectivity index (χ1n) is 4.60.